The quantitative estimate of drug-likeness (QED) is 0.378. The number of nitrogens with zero attached hydrogens (tertiary/aromatic N) is 2. The van der Waals surface area contributed by atoms with Crippen molar-refractivity contribution in [1.29, 1.82) is 0 Å². The van der Waals surface area contributed by atoms with E-state index in [1.54, 1.807) is 6.08 Å². The van der Waals surface area contributed by atoms with E-state index >= 15 is 0 Å². The number of nitrogens with one attached hydrogen (secondary N) is 1. The standard InChI is InChI=1S/C22H17F2N3O3/c1-12-7-13(2)25-20(12)10-17-16-9-15(27(29)30)4-6-21(16)26(22(17)28)11-14-3-5-18(23)19(24)8-14/h3-10,25H,11H2,1-2H3. The van der Waals surface area contributed by atoms with Crippen LogP contribution in [-0.2, 0) is 11.3 Å². The maximum Gasteiger partial charge on any atom is 0.270 e. The van der Waals surface area contributed by atoms with Gasteiger partial charge in [-0.3, -0.25) is 14.9 Å². The Kier molecular flexibility index (Phi) is 4.69. The number of amides is 1. The van der Waals surface area contributed by atoms with Crippen LogP contribution in [-0.4, -0.2) is 15.8 Å². The number of aromatic amines is 1. The second-order valence-electron chi connectivity index (χ2n) is 7.21. The van der Waals surface area contributed by atoms with Crippen molar-refractivity contribution < 1.29 is 18.5 Å². The lowest BCUT2D eigenvalue weighted by molar-refractivity contribution is -0.384. The average Bonchev–Trinajstić information content (AvgIpc) is 3.15. The van der Waals surface area contributed by atoms with E-state index < -0.39 is 16.6 Å². The van der Waals surface area contributed by atoms with Crippen molar-refractivity contribution in [1.82, 2.24) is 4.98 Å². The first-order valence-corrected chi connectivity index (χ1v) is 9.17. The molecule has 0 saturated carbocycles. The number of aryl methyl sites for hydroxylation is 2. The number of aromatic nitrogens is 1. The first-order valence-electron chi connectivity index (χ1n) is 9.17. The summed E-state index contributed by atoms with van der Waals surface area (Å²) in [7, 11) is 0. The molecule has 0 fully saturated rings. The van der Waals surface area contributed by atoms with Crippen molar-refractivity contribution in [3.8, 4) is 0 Å². The minimum atomic E-state index is -1.00. The lowest BCUT2D eigenvalue weighted by atomic mass is 10.0. The van der Waals surface area contributed by atoms with E-state index in [-0.39, 0.29) is 18.1 Å². The van der Waals surface area contributed by atoms with Gasteiger partial charge in [0.25, 0.3) is 11.6 Å². The van der Waals surface area contributed by atoms with Crippen molar-refractivity contribution in [2.75, 3.05) is 4.90 Å². The molecule has 152 valence electrons. The number of hydrogen-bond acceptors (Lipinski definition) is 3. The third kappa shape index (κ3) is 3.36. The van der Waals surface area contributed by atoms with Crippen LogP contribution in [0.2, 0.25) is 0 Å². The average molecular weight is 409 g/mol. The van der Waals surface area contributed by atoms with Crippen molar-refractivity contribution in [2.24, 2.45) is 0 Å². The minimum Gasteiger partial charge on any atom is -0.359 e. The molecule has 0 aliphatic carbocycles. The maximum atomic E-state index is 13.6. The summed E-state index contributed by atoms with van der Waals surface area (Å²) in [5.41, 5.74) is 4.03. The van der Waals surface area contributed by atoms with Gasteiger partial charge >= 0.3 is 0 Å². The zero-order valence-electron chi connectivity index (χ0n) is 16.2. The number of non-ortho nitro benzene ring substituents is 1. The highest BCUT2D eigenvalue weighted by atomic mass is 19.2. The zero-order valence-corrected chi connectivity index (χ0v) is 16.2. The molecule has 2 heterocycles. The molecule has 0 atom stereocenters. The summed E-state index contributed by atoms with van der Waals surface area (Å²) in [6.45, 7) is 3.78. The van der Waals surface area contributed by atoms with Gasteiger partial charge in [-0.15, -0.1) is 0 Å². The molecule has 0 unspecified atom stereocenters. The second kappa shape index (κ2) is 7.22. The molecular weight excluding hydrogens is 392 g/mol. The van der Waals surface area contributed by atoms with E-state index in [0.29, 0.717) is 22.4 Å². The lowest BCUT2D eigenvalue weighted by Gasteiger charge is -2.17. The summed E-state index contributed by atoms with van der Waals surface area (Å²) in [5.74, 6) is -2.35. The predicted molar refractivity (Wildman–Crippen MR) is 109 cm³/mol. The molecule has 1 aliphatic rings. The molecule has 0 spiro atoms. The van der Waals surface area contributed by atoms with Crippen LogP contribution in [0.15, 0.2) is 42.5 Å². The smallest absolute Gasteiger partial charge is 0.270 e. The Morgan fingerprint density at radius 2 is 1.87 bits per heavy atom. The highest BCUT2D eigenvalue weighted by Gasteiger charge is 2.34. The summed E-state index contributed by atoms with van der Waals surface area (Å²) >= 11 is 0. The largest absolute Gasteiger partial charge is 0.359 e. The van der Waals surface area contributed by atoms with Crippen molar-refractivity contribution in [3.63, 3.8) is 0 Å². The number of benzene rings is 2. The third-order valence-electron chi connectivity index (χ3n) is 5.05. The van der Waals surface area contributed by atoms with E-state index in [2.05, 4.69) is 4.98 Å². The number of hydrogen-bond donors (Lipinski definition) is 1. The molecule has 30 heavy (non-hydrogen) atoms. The van der Waals surface area contributed by atoms with Crippen LogP contribution in [0.5, 0.6) is 0 Å². The van der Waals surface area contributed by atoms with E-state index in [1.807, 2.05) is 19.9 Å². The third-order valence-corrected chi connectivity index (χ3v) is 5.05. The number of nitro groups is 1. The Hall–Kier alpha value is -3.81. The summed E-state index contributed by atoms with van der Waals surface area (Å²) in [6, 6.07) is 9.54. The summed E-state index contributed by atoms with van der Waals surface area (Å²) in [5, 5.41) is 11.3. The molecule has 6 nitrogen and oxygen atoms in total. The van der Waals surface area contributed by atoms with Gasteiger partial charge in [0.1, 0.15) is 0 Å². The Bertz CT molecular complexity index is 1230. The fourth-order valence-corrected chi connectivity index (χ4v) is 3.62. The molecule has 0 radical (unpaired) electrons. The molecule has 4 rings (SSSR count). The van der Waals surface area contributed by atoms with Crippen LogP contribution in [0.1, 0.15) is 28.1 Å². The van der Waals surface area contributed by atoms with Gasteiger partial charge < -0.3 is 9.88 Å². The molecule has 0 saturated heterocycles. The van der Waals surface area contributed by atoms with Crippen LogP contribution >= 0.6 is 0 Å². The number of nitro benzene ring substituents is 1. The van der Waals surface area contributed by atoms with Crippen LogP contribution < -0.4 is 4.90 Å². The fourth-order valence-electron chi connectivity index (χ4n) is 3.62. The molecule has 1 N–H and O–H groups in total. The fraction of sp³-hybridized carbons (Fsp3) is 0.136. The van der Waals surface area contributed by atoms with Crippen LogP contribution in [0.3, 0.4) is 0 Å². The molecule has 8 heteroatoms. The monoisotopic (exact) mass is 409 g/mol. The van der Waals surface area contributed by atoms with Crippen molar-refractivity contribution >= 4 is 28.9 Å². The number of H-pyrrole nitrogens is 1. The number of carbonyl (C=O) groups is 1. The number of anilines is 1. The van der Waals surface area contributed by atoms with Gasteiger partial charge in [0, 0.05) is 29.1 Å². The number of carbonyl (C=O) groups excluding carboxylic acids is 1. The Labute approximate surface area is 170 Å². The second-order valence-corrected chi connectivity index (χ2v) is 7.21. The van der Waals surface area contributed by atoms with E-state index in [1.165, 1.54) is 29.2 Å². The van der Waals surface area contributed by atoms with E-state index in [9.17, 15) is 23.7 Å². The Morgan fingerprint density at radius 3 is 2.50 bits per heavy atom. The predicted octanol–water partition coefficient (Wildman–Crippen LogP) is 4.91. The maximum absolute atomic E-state index is 13.6. The lowest BCUT2D eigenvalue weighted by Crippen LogP contribution is -2.25. The van der Waals surface area contributed by atoms with Gasteiger partial charge in [0.15, 0.2) is 11.6 Å². The van der Waals surface area contributed by atoms with Crippen LogP contribution in [0.4, 0.5) is 20.2 Å². The Morgan fingerprint density at radius 1 is 1.10 bits per heavy atom. The van der Waals surface area contributed by atoms with Crippen LogP contribution in [0.25, 0.3) is 11.6 Å². The van der Waals surface area contributed by atoms with Crippen molar-refractivity contribution in [2.45, 2.75) is 20.4 Å². The SMILES string of the molecule is Cc1cc(C)c(C=C2C(=O)N(Cc3ccc(F)c(F)c3)c3ccc([N+](=O)[O-])cc32)[nH]1. The summed E-state index contributed by atoms with van der Waals surface area (Å²) in [4.78, 5) is 28.5. The number of rotatable bonds is 4. The number of halogens is 2. The first-order chi connectivity index (χ1) is 14.2. The molecule has 0 bridgehead atoms. The van der Waals surface area contributed by atoms with Gasteiger partial charge in [-0.2, -0.15) is 0 Å². The highest BCUT2D eigenvalue weighted by molar-refractivity contribution is 6.35. The van der Waals surface area contributed by atoms with E-state index in [4.69, 9.17) is 0 Å². The van der Waals surface area contributed by atoms with E-state index in [0.717, 1.165) is 29.1 Å². The summed E-state index contributed by atoms with van der Waals surface area (Å²) in [6.07, 6.45) is 1.67. The first kappa shape index (κ1) is 19.5. The molecule has 1 aromatic heterocycles. The topological polar surface area (TPSA) is 79.2 Å². The molecule has 3 aromatic rings. The molecule has 1 amide bonds. The molecular formula is C22H17F2N3O3. The van der Waals surface area contributed by atoms with Gasteiger partial charge in [0.2, 0.25) is 0 Å². The van der Waals surface area contributed by atoms with Gasteiger partial charge in [-0.1, -0.05) is 6.07 Å². The van der Waals surface area contributed by atoms with Gasteiger partial charge in [-0.05, 0) is 55.3 Å². The van der Waals surface area contributed by atoms with Gasteiger partial charge in [0.05, 0.1) is 22.7 Å². The van der Waals surface area contributed by atoms with Crippen LogP contribution in [0, 0.1) is 35.6 Å². The van der Waals surface area contributed by atoms with Crippen molar-refractivity contribution in [3.05, 3.63) is 92.3 Å². The summed E-state index contributed by atoms with van der Waals surface area (Å²) < 4.78 is 26.9. The normalized spacial score (nSPS) is 14.5. The Balaban J connectivity index is 1.82. The zero-order chi connectivity index (χ0) is 21.6. The van der Waals surface area contributed by atoms with Gasteiger partial charge in [-0.25, -0.2) is 8.78 Å². The highest BCUT2D eigenvalue weighted by Crippen LogP contribution is 2.40. The minimum absolute atomic E-state index is 0.000913. The molecule has 1 aliphatic heterocycles. The molecule has 2 aromatic carbocycles. The number of fused-ring (bicyclic) bond motifs is 1.